The molecule has 2 heterocycles. The summed E-state index contributed by atoms with van der Waals surface area (Å²) in [7, 11) is 0. The second-order valence-electron chi connectivity index (χ2n) is 5.49. The van der Waals surface area contributed by atoms with E-state index < -0.39 is 4.92 Å². The first-order valence-electron chi connectivity index (χ1n) is 6.54. The molecular formula is C15H14N2O4. The molecule has 0 fully saturated rings. The first-order chi connectivity index (χ1) is 9.94. The minimum absolute atomic E-state index is 0.0647. The van der Waals surface area contributed by atoms with Crippen LogP contribution in [0.3, 0.4) is 0 Å². The van der Waals surface area contributed by atoms with Gasteiger partial charge < -0.3 is 9.47 Å². The van der Waals surface area contributed by atoms with Gasteiger partial charge in [-0.15, -0.1) is 0 Å². The first-order valence-corrected chi connectivity index (χ1v) is 6.54. The molecule has 0 aliphatic carbocycles. The van der Waals surface area contributed by atoms with Gasteiger partial charge >= 0.3 is 0 Å². The Morgan fingerprint density at radius 3 is 2.81 bits per heavy atom. The van der Waals surface area contributed by atoms with Crippen LogP contribution in [0.2, 0.25) is 0 Å². The SMILES string of the molecule is CC1(C)Cc2c(Oc3ccc([N+](=O)[O-])cn3)cccc2O1. The quantitative estimate of drug-likeness (QED) is 0.637. The Labute approximate surface area is 121 Å². The van der Waals surface area contributed by atoms with Gasteiger partial charge in [-0.3, -0.25) is 10.1 Å². The largest absolute Gasteiger partial charge is 0.487 e. The smallest absolute Gasteiger partial charge is 0.287 e. The van der Waals surface area contributed by atoms with Crippen molar-refractivity contribution in [3.05, 3.63) is 52.2 Å². The van der Waals surface area contributed by atoms with Crippen LogP contribution in [0.1, 0.15) is 19.4 Å². The van der Waals surface area contributed by atoms with Crippen LogP contribution >= 0.6 is 0 Å². The van der Waals surface area contributed by atoms with E-state index in [2.05, 4.69) is 4.98 Å². The molecule has 21 heavy (non-hydrogen) atoms. The lowest BCUT2D eigenvalue weighted by Crippen LogP contribution is -2.24. The lowest BCUT2D eigenvalue weighted by molar-refractivity contribution is -0.385. The third-order valence-corrected chi connectivity index (χ3v) is 3.22. The average molecular weight is 286 g/mol. The summed E-state index contributed by atoms with van der Waals surface area (Å²) in [5.41, 5.74) is 0.665. The Bertz CT molecular complexity index is 695. The van der Waals surface area contributed by atoms with Gasteiger partial charge in [0, 0.05) is 24.1 Å². The fourth-order valence-electron chi connectivity index (χ4n) is 2.32. The maximum Gasteiger partial charge on any atom is 0.287 e. The number of rotatable bonds is 3. The summed E-state index contributed by atoms with van der Waals surface area (Å²) in [6.45, 7) is 4.03. The van der Waals surface area contributed by atoms with E-state index in [1.165, 1.54) is 18.3 Å². The molecule has 2 aromatic rings. The van der Waals surface area contributed by atoms with Gasteiger partial charge in [-0.1, -0.05) is 6.07 Å². The molecular weight excluding hydrogens is 272 g/mol. The lowest BCUT2D eigenvalue weighted by atomic mass is 10.0. The zero-order chi connectivity index (χ0) is 15.0. The summed E-state index contributed by atoms with van der Waals surface area (Å²) in [4.78, 5) is 14.1. The third-order valence-electron chi connectivity index (χ3n) is 3.22. The molecule has 0 spiro atoms. The van der Waals surface area contributed by atoms with Gasteiger partial charge in [0.05, 0.1) is 4.92 Å². The molecule has 6 nitrogen and oxygen atoms in total. The van der Waals surface area contributed by atoms with Crippen molar-refractivity contribution >= 4 is 5.69 Å². The van der Waals surface area contributed by atoms with E-state index in [4.69, 9.17) is 9.47 Å². The van der Waals surface area contributed by atoms with Gasteiger partial charge in [0.2, 0.25) is 5.88 Å². The summed E-state index contributed by atoms with van der Waals surface area (Å²) in [5, 5.41) is 10.6. The zero-order valence-electron chi connectivity index (χ0n) is 11.7. The van der Waals surface area contributed by atoms with Gasteiger partial charge in [-0.25, -0.2) is 4.98 Å². The predicted octanol–water partition coefficient (Wildman–Crippen LogP) is 3.50. The van der Waals surface area contributed by atoms with E-state index in [1.807, 2.05) is 32.0 Å². The van der Waals surface area contributed by atoms with Crippen molar-refractivity contribution in [2.24, 2.45) is 0 Å². The molecule has 0 radical (unpaired) electrons. The highest BCUT2D eigenvalue weighted by Gasteiger charge is 2.32. The maximum absolute atomic E-state index is 10.6. The van der Waals surface area contributed by atoms with Crippen molar-refractivity contribution in [3.63, 3.8) is 0 Å². The molecule has 0 N–H and O–H groups in total. The normalized spacial score (nSPS) is 15.1. The third kappa shape index (κ3) is 2.65. The van der Waals surface area contributed by atoms with Crippen molar-refractivity contribution in [1.82, 2.24) is 4.98 Å². The van der Waals surface area contributed by atoms with Crippen LogP contribution < -0.4 is 9.47 Å². The number of hydrogen-bond donors (Lipinski definition) is 0. The minimum Gasteiger partial charge on any atom is -0.487 e. The van der Waals surface area contributed by atoms with E-state index in [1.54, 1.807) is 0 Å². The maximum atomic E-state index is 10.6. The lowest BCUT2D eigenvalue weighted by Gasteiger charge is -2.16. The van der Waals surface area contributed by atoms with Crippen LogP contribution in [-0.2, 0) is 6.42 Å². The highest BCUT2D eigenvalue weighted by atomic mass is 16.6. The van der Waals surface area contributed by atoms with Gasteiger partial charge in [-0.2, -0.15) is 0 Å². The van der Waals surface area contributed by atoms with Crippen molar-refractivity contribution < 1.29 is 14.4 Å². The first kappa shape index (κ1) is 13.4. The number of pyridine rings is 1. The number of fused-ring (bicyclic) bond motifs is 1. The van der Waals surface area contributed by atoms with Crippen molar-refractivity contribution in [2.45, 2.75) is 25.9 Å². The topological polar surface area (TPSA) is 74.5 Å². The zero-order valence-corrected chi connectivity index (χ0v) is 11.7. The molecule has 0 atom stereocenters. The monoisotopic (exact) mass is 286 g/mol. The summed E-state index contributed by atoms with van der Waals surface area (Å²) in [6, 6.07) is 8.44. The molecule has 1 aromatic carbocycles. The van der Waals surface area contributed by atoms with Gasteiger partial charge in [-0.05, 0) is 26.0 Å². The highest BCUT2D eigenvalue weighted by Crippen LogP contribution is 2.41. The number of ether oxygens (including phenoxy) is 2. The van der Waals surface area contributed by atoms with Gasteiger partial charge in [0.1, 0.15) is 23.3 Å². The van der Waals surface area contributed by atoms with Gasteiger partial charge in [0.25, 0.3) is 5.69 Å². The fourth-order valence-corrected chi connectivity index (χ4v) is 2.32. The molecule has 0 saturated carbocycles. The van der Waals surface area contributed by atoms with E-state index in [0.29, 0.717) is 11.6 Å². The molecule has 6 heteroatoms. The highest BCUT2D eigenvalue weighted by molar-refractivity contribution is 5.49. The summed E-state index contributed by atoms with van der Waals surface area (Å²) in [6.07, 6.45) is 1.92. The fraction of sp³-hybridized carbons (Fsp3) is 0.267. The average Bonchev–Trinajstić information content (AvgIpc) is 2.74. The Morgan fingerprint density at radius 1 is 1.33 bits per heavy atom. The number of aromatic nitrogens is 1. The molecule has 0 unspecified atom stereocenters. The van der Waals surface area contributed by atoms with E-state index >= 15 is 0 Å². The van der Waals surface area contributed by atoms with Crippen LogP contribution in [0, 0.1) is 10.1 Å². The number of nitrogens with zero attached hydrogens (tertiary/aromatic N) is 2. The number of nitro groups is 1. The Kier molecular flexibility index (Phi) is 3.01. The molecule has 1 aliphatic rings. The molecule has 3 rings (SSSR count). The molecule has 1 aliphatic heterocycles. The van der Waals surface area contributed by atoms with Crippen LogP contribution in [0.5, 0.6) is 17.4 Å². The molecule has 108 valence electrons. The summed E-state index contributed by atoms with van der Waals surface area (Å²) < 4.78 is 11.6. The second kappa shape index (κ2) is 4.73. The van der Waals surface area contributed by atoms with Crippen LogP contribution in [0.25, 0.3) is 0 Å². The van der Waals surface area contributed by atoms with Gasteiger partial charge in [0.15, 0.2) is 0 Å². The molecule has 0 amide bonds. The second-order valence-corrected chi connectivity index (χ2v) is 5.49. The predicted molar refractivity (Wildman–Crippen MR) is 75.8 cm³/mol. The summed E-state index contributed by atoms with van der Waals surface area (Å²) in [5.74, 6) is 1.79. The van der Waals surface area contributed by atoms with Crippen molar-refractivity contribution in [2.75, 3.05) is 0 Å². The minimum atomic E-state index is -0.493. The van der Waals surface area contributed by atoms with Crippen molar-refractivity contribution in [1.29, 1.82) is 0 Å². The molecule has 0 bridgehead atoms. The summed E-state index contributed by atoms with van der Waals surface area (Å²) >= 11 is 0. The number of hydrogen-bond acceptors (Lipinski definition) is 5. The van der Waals surface area contributed by atoms with E-state index in [0.717, 1.165) is 17.7 Å². The molecule has 1 aromatic heterocycles. The van der Waals surface area contributed by atoms with Crippen molar-refractivity contribution in [3.8, 4) is 17.4 Å². The van der Waals surface area contributed by atoms with Crippen LogP contribution in [0.4, 0.5) is 5.69 Å². The molecule has 0 saturated heterocycles. The van der Waals surface area contributed by atoms with E-state index in [-0.39, 0.29) is 11.3 Å². The Hall–Kier alpha value is -2.63. The Balaban J connectivity index is 1.87. The van der Waals surface area contributed by atoms with Crippen LogP contribution in [-0.4, -0.2) is 15.5 Å². The Morgan fingerprint density at radius 2 is 2.14 bits per heavy atom. The standard InChI is InChI=1S/C15H14N2O4/c1-15(2)8-11-12(4-3-5-13(11)21-15)20-14-7-6-10(9-16-14)17(18)19/h3-7,9H,8H2,1-2H3. The van der Waals surface area contributed by atoms with Crippen LogP contribution in [0.15, 0.2) is 36.5 Å². The number of benzene rings is 1. The van der Waals surface area contributed by atoms with E-state index in [9.17, 15) is 10.1 Å².